The second-order valence-corrected chi connectivity index (χ2v) is 2.91. The van der Waals surface area contributed by atoms with Crippen LogP contribution < -0.4 is 0 Å². The van der Waals surface area contributed by atoms with E-state index >= 15 is 0 Å². The lowest BCUT2D eigenvalue weighted by molar-refractivity contribution is 0.146. The van der Waals surface area contributed by atoms with Crippen molar-refractivity contribution in [3.05, 3.63) is 0 Å². The van der Waals surface area contributed by atoms with Crippen LogP contribution in [0, 0.1) is 0 Å². The molecule has 0 aromatic heterocycles. The third kappa shape index (κ3) is 10.1. The van der Waals surface area contributed by atoms with Gasteiger partial charge in [0, 0.05) is 19.0 Å². The van der Waals surface area contributed by atoms with Crippen molar-refractivity contribution in [2.75, 3.05) is 19.0 Å². The van der Waals surface area contributed by atoms with Gasteiger partial charge >= 0.3 is 6.98 Å². The second-order valence-electron chi connectivity index (χ2n) is 2.53. The number of rotatable bonds is 7. The summed E-state index contributed by atoms with van der Waals surface area (Å²) in [5, 5.41) is 0. The molecule has 0 radical (unpaired) electrons. The molecule has 0 fully saturated rings. The number of hydrogen-bond donors (Lipinski definition) is 0. The molecule has 0 heterocycles. The molecule has 12 heavy (non-hydrogen) atoms. The number of unbranched alkanes of at least 4 members (excludes halogenated alkanes) is 2. The number of hydrogen-bond acceptors (Lipinski definition) is 1. The van der Waals surface area contributed by atoms with Crippen LogP contribution in [0.25, 0.3) is 0 Å². The Hall–Kier alpha value is 0.105. The minimum absolute atomic E-state index is 0.179. The molecule has 0 aliphatic rings. The Labute approximate surface area is 75.3 Å². The van der Waals surface area contributed by atoms with Gasteiger partial charge in [0.15, 0.2) is 0 Å². The average molecular weight is 203 g/mol. The van der Waals surface area contributed by atoms with E-state index in [1.54, 1.807) is 0 Å². The van der Waals surface area contributed by atoms with Gasteiger partial charge in [0.2, 0.25) is 0 Å². The van der Waals surface area contributed by atoms with Gasteiger partial charge in [0.25, 0.3) is 0 Å². The van der Waals surface area contributed by atoms with E-state index in [0.717, 1.165) is 12.8 Å². The molecular weight excluding hydrogens is 191 g/mol. The van der Waals surface area contributed by atoms with Crippen molar-refractivity contribution in [3.8, 4) is 0 Å². The van der Waals surface area contributed by atoms with E-state index in [2.05, 4.69) is 4.74 Å². The molecule has 0 N–H and O–H groups in total. The average Bonchev–Trinajstić information content (AvgIpc) is 1.94. The number of alkyl halides is 1. The zero-order valence-corrected chi connectivity index (χ0v) is 7.50. The molecule has 1 nitrogen and oxygen atoms in total. The zero-order valence-electron chi connectivity index (χ0n) is 6.74. The summed E-state index contributed by atoms with van der Waals surface area (Å²) < 4.78 is 39.0. The summed E-state index contributed by atoms with van der Waals surface area (Å²) in [4.78, 5) is 0. The molecule has 0 unspecified atom stereocenters. The number of ether oxygens (including phenoxy) is 1. The van der Waals surface area contributed by atoms with Gasteiger partial charge in [-0.1, -0.05) is 0 Å². The largest absolute Gasteiger partial charge is 0.503 e. The lowest BCUT2D eigenvalue weighted by atomic mass is 9.95. The molecule has 0 rings (SSSR count). The standard InChI is InChI=1S/C6H12BClF3O/c8-4-2-1-3-5-12-6-7(9,10)11/h1-6H2/q-1. The molecule has 0 amide bonds. The fourth-order valence-corrected chi connectivity index (χ4v) is 0.881. The highest BCUT2D eigenvalue weighted by molar-refractivity contribution is 6.58. The molecule has 74 valence electrons. The van der Waals surface area contributed by atoms with Crippen LogP contribution in [0.3, 0.4) is 0 Å². The SMILES string of the molecule is F[B-](F)(F)COCCCCCCl. The van der Waals surface area contributed by atoms with Crippen LogP contribution in [0.2, 0.25) is 0 Å². The first kappa shape index (κ1) is 12.1. The summed E-state index contributed by atoms with van der Waals surface area (Å²) in [6.07, 6.45) is 2.31. The van der Waals surface area contributed by atoms with Gasteiger partial charge in [-0.05, 0) is 19.3 Å². The van der Waals surface area contributed by atoms with Gasteiger partial charge in [0.1, 0.15) is 0 Å². The van der Waals surface area contributed by atoms with Crippen molar-refractivity contribution in [2.24, 2.45) is 0 Å². The maximum Gasteiger partial charge on any atom is 0.503 e. The summed E-state index contributed by atoms with van der Waals surface area (Å²) >= 11 is 5.37. The van der Waals surface area contributed by atoms with Crippen LogP contribution in [-0.4, -0.2) is 26.0 Å². The van der Waals surface area contributed by atoms with E-state index in [1.807, 2.05) is 0 Å². The van der Waals surface area contributed by atoms with Crippen molar-refractivity contribution in [1.29, 1.82) is 0 Å². The van der Waals surface area contributed by atoms with Crippen LogP contribution in [0.1, 0.15) is 19.3 Å². The van der Waals surface area contributed by atoms with Crippen LogP contribution in [-0.2, 0) is 4.74 Å². The fraction of sp³-hybridized carbons (Fsp3) is 1.00. The van der Waals surface area contributed by atoms with Gasteiger partial charge in [-0.15, -0.1) is 11.6 Å². The predicted octanol–water partition coefficient (Wildman–Crippen LogP) is 2.80. The summed E-state index contributed by atoms with van der Waals surface area (Å²) in [6, 6.07) is 0. The van der Waals surface area contributed by atoms with Gasteiger partial charge in [-0.2, -0.15) is 0 Å². The van der Waals surface area contributed by atoms with Crippen LogP contribution in [0.4, 0.5) is 12.9 Å². The van der Waals surface area contributed by atoms with Gasteiger partial charge in [-0.25, -0.2) is 0 Å². The van der Waals surface area contributed by atoms with Crippen molar-refractivity contribution in [1.82, 2.24) is 0 Å². The highest BCUT2D eigenvalue weighted by Crippen LogP contribution is 2.08. The van der Waals surface area contributed by atoms with Crippen LogP contribution in [0.5, 0.6) is 0 Å². The molecule has 0 aliphatic carbocycles. The minimum atomic E-state index is -4.77. The lowest BCUT2D eigenvalue weighted by Gasteiger charge is -2.13. The van der Waals surface area contributed by atoms with E-state index in [4.69, 9.17) is 11.6 Å². The van der Waals surface area contributed by atoms with Crippen molar-refractivity contribution in [3.63, 3.8) is 0 Å². The molecule has 0 bridgehead atoms. The molecule has 0 saturated heterocycles. The predicted molar refractivity (Wildman–Crippen MR) is 44.5 cm³/mol. The van der Waals surface area contributed by atoms with Crippen molar-refractivity contribution >= 4 is 18.6 Å². The summed E-state index contributed by atoms with van der Waals surface area (Å²) in [5.41, 5.74) is 0. The molecule has 0 atom stereocenters. The van der Waals surface area contributed by atoms with E-state index in [-0.39, 0.29) is 6.61 Å². The third-order valence-electron chi connectivity index (χ3n) is 1.23. The van der Waals surface area contributed by atoms with Crippen LogP contribution >= 0.6 is 11.6 Å². The number of halogens is 4. The topological polar surface area (TPSA) is 9.23 Å². The van der Waals surface area contributed by atoms with E-state index in [0.29, 0.717) is 12.3 Å². The maximum absolute atomic E-state index is 11.5. The molecule has 6 heteroatoms. The van der Waals surface area contributed by atoms with Gasteiger partial charge in [-0.3, -0.25) is 0 Å². The Morgan fingerprint density at radius 1 is 1.08 bits per heavy atom. The summed E-state index contributed by atoms with van der Waals surface area (Å²) in [6.45, 7) is -5.68. The fourth-order valence-electron chi connectivity index (χ4n) is 0.692. The molecule has 0 aromatic rings. The first-order valence-corrected chi connectivity index (χ1v) is 4.44. The minimum Gasteiger partial charge on any atom is -0.447 e. The van der Waals surface area contributed by atoms with Crippen LogP contribution in [0.15, 0.2) is 0 Å². The highest BCUT2D eigenvalue weighted by atomic mass is 35.5. The third-order valence-corrected chi connectivity index (χ3v) is 1.50. The van der Waals surface area contributed by atoms with Crippen molar-refractivity contribution < 1.29 is 17.7 Å². The first-order valence-electron chi connectivity index (χ1n) is 3.91. The molecule has 0 spiro atoms. The molecule has 0 aromatic carbocycles. The molecular formula is C6H12BClF3O-. The Morgan fingerprint density at radius 2 is 1.75 bits per heavy atom. The van der Waals surface area contributed by atoms with Crippen molar-refractivity contribution in [2.45, 2.75) is 19.3 Å². The zero-order chi connectivity index (χ0) is 9.45. The highest BCUT2D eigenvalue weighted by Gasteiger charge is 2.22. The van der Waals surface area contributed by atoms with E-state index in [1.165, 1.54) is 0 Å². The summed E-state index contributed by atoms with van der Waals surface area (Å²) in [7, 11) is 0. The second kappa shape index (κ2) is 6.60. The normalized spacial score (nSPS) is 12.0. The Kier molecular flexibility index (Phi) is 6.66. The monoisotopic (exact) mass is 203 g/mol. The summed E-state index contributed by atoms with van der Waals surface area (Å²) in [5.74, 6) is 0.559. The molecule has 0 saturated carbocycles. The Balaban J connectivity index is 3.01. The van der Waals surface area contributed by atoms with Gasteiger partial charge < -0.3 is 17.7 Å². The molecule has 0 aliphatic heterocycles. The quantitative estimate of drug-likeness (QED) is 0.351. The maximum atomic E-state index is 11.5. The van der Waals surface area contributed by atoms with E-state index < -0.39 is 13.5 Å². The first-order chi connectivity index (χ1) is 5.56. The van der Waals surface area contributed by atoms with Gasteiger partial charge in [0.05, 0.1) is 0 Å². The lowest BCUT2D eigenvalue weighted by Crippen LogP contribution is -2.24. The van der Waals surface area contributed by atoms with E-state index in [9.17, 15) is 12.9 Å². The Bertz CT molecular complexity index is 109. The smallest absolute Gasteiger partial charge is 0.447 e. The Morgan fingerprint density at radius 3 is 2.25 bits per heavy atom.